The van der Waals surface area contributed by atoms with Crippen LogP contribution in [0.1, 0.15) is 53.7 Å². The van der Waals surface area contributed by atoms with Gasteiger partial charge in [-0.05, 0) is 68.6 Å². The highest BCUT2D eigenvalue weighted by Crippen LogP contribution is 2.27. The van der Waals surface area contributed by atoms with Crippen molar-refractivity contribution >= 4 is 11.9 Å². The van der Waals surface area contributed by atoms with Crippen molar-refractivity contribution in [3.05, 3.63) is 64.7 Å². The maximum atomic E-state index is 12.9. The Hall–Kier alpha value is -2.90. The molecule has 1 amide bonds. The van der Waals surface area contributed by atoms with Crippen LogP contribution in [0.2, 0.25) is 0 Å². The Morgan fingerprint density at radius 1 is 1.00 bits per heavy atom. The number of hydrogen-bond donors (Lipinski definition) is 0. The van der Waals surface area contributed by atoms with Crippen LogP contribution >= 0.6 is 0 Å². The van der Waals surface area contributed by atoms with Crippen molar-refractivity contribution < 1.29 is 19.1 Å². The van der Waals surface area contributed by atoms with Crippen molar-refractivity contribution in [2.75, 3.05) is 46.4 Å². The van der Waals surface area contributed by atoms with Crippen molar-refractivity contribution in [1.29, 1.82) is 0 Å². The summed E-state index contributed by atoms with van der Waals surface area (Å²) in [5.41, 5.74) is 4.18. The van der Waals surface area contributed by atoms with Crippen molar-refractivity contribution in [2.45, 2.75) is 46.3 Å². The van der Waals surface area contributed by atoms with E-state index in [9.17, 15) is 9.59 Å². The lowest BCUT2D eigenvalue weighted by Gasteiger charge is -2.34. The van der Waals surface area contributed by atoms with Crippen molar-refractivity contribution in [1.82, 2.24) is 14.7 Å². The Balaban J connectivity index is 1.39. The zero-order valence-corrected chi connectivity index (χ0v) is 21.9. The number of amides is 1. The Kier molecular flexibility index (Phi) is 8.99. The first-order chi connectivity index (χ1) is 17.5. The molecule has 0 N–H and O–H groups in total. The lowest BCUT2D eigenvalue weighted by Crippen LogP contribution is -2.44. The summed E-state index contributed by atoms with van der Waals surface area (Å²) in [6.45, 7) is 11.5. The topological polar surface area (TPSA) is 62.3 Å². The number of carbonyl (C=O) groups is 2. The minimum absolute atomic E-state index is 0.101. The molecule has 2 aromatic rings. The summed E-state index contributed by atoms with van der Waals surface area (Å²) in [4.78, 5) is 31.4. The molecule has 7 heteroatoms. The van der Waals surface area contributed by atoms with Gasteiger partial charge in [-0.3, -0.25) is 14.6 Å². The summed E-state index contributed by atoms with van der Waals surface area (Å²) in [5, 5.41) is 0. The Morgan fingerprint density at radius 2 is 1.72 bits per heavy atom. The Morgan fingerprint density at radius 3 is 2.44 bits per heavy atom. The normalized spacial score (nSPS) is 18.6. The van der Waals surface area contributed by atoms with Gasteiger partial charge in [0, 0.05) is 51.4 Å². The summed E-state index contributed by atoms with van der Waals surface area (Å²) in [7, 11) is 1.40. The quantitative estimate of drug-likeness (QED) is 0.519. The largest absolute Gasteiger partial charge is 0.492 e. The molecular formula is C29H39N3O4. The molecule has 0 aliphatic carbocycles. The van der Waals surface area contributed by atoms with Crippen LogP contribution in [-0.2, 0) is 29.2 Å². The van der Waals surface area contributed by atoms with Gasteiger partial charge in [0.05, 0.1) is 18.6 Å². The molecule has 0 saturated carbocycles. The third kappa shape index (κ3) is 6.45. The number of ether oxygens (including phenoxy) is 2. The molecule has 2 aliphatic rings. The zero-order chi connectivity index (χ0) is 25.5. The van der Waals surface area contributed by atoms with E-state index in [0.29, 0.717) is 18.1 Å². The van der Waals surface area contributed by atoms with Gasteiger partial charge in [-0.1, -0.05) is 18.2 Å². The molecule has 1 saturated heterocycles. The molecular weight excluding hydrogens is 454 g/mol. The van der Waals surface area contributed by atoms with Crippen LogP contribution in [0.5, 0.6) is 5.75 Å². The average Bonchev–Trinajstić information content (AvgIpc) is 3.10. The van der Waals surface area contributed by atoms with Gasteiger partial charge in [0.25, 0.3) is 0 Å². The number of fused-ring (bicyclic) bond motifs is 1. The summed E-state index contributed by atoms with van der Waals surface area (Å²) in [6.07, 6.45) is 2.05. The number of nitrogens with zero attached hydrogens (tertiary/aromatic N) is 3. The van der Waals surface area contributed by atoms with Crippen LogP contribution in [0, 0.1) is 5.92 Å². The Labute approximate surface area is 215 Å². The van der Waals surface area contributed by atoms with Crippen LogP contribution in [-0.4, -0.2) is 73.0 Å². The van der Waals surface area contributed by atoms with E-state index in [0.717, 1.165) is 76.5 Å². The highest BCUT2D eigenvalue weighted by atomic mass is 16.5. The molecule has 7 nitrogen and oxygen atoms in total. The molecule has 0 aromatic heterocycles. The van der Waals surface area contributed by atoms with Gasteiger partial charge >= 0.3 is 5.97 Å². The highest BCUT2D eigenvalue weighted by Gasteiger charge is 2.28. The van der Waals surface area contributed by atoms with Crippen LogP contribution < -0.4 is 4.74 Å². The Bertz CT molecular complexity index is 1040. The smallest absolute Gasteiger partial charge is 0.337 e. The van der Waals surface area contributed by atoms with Gasteiger partial charge in [-0.15, -0.1) is 0 Å². The van der Waals surface area contributed by atoms with E-state index >= 15 is 0 Å². The number of esters is 1. The number of hydrogen-bond acceptors (Lipinski definition) is 6. The van der Waals surface area contributed by atoms with Crippen molar-refractivity contribution in [3.8, 4) is 5.75 Å². The fourth-order valence-electron chi connectivity index (χ4n) is 5.31. The maximum Gasteiger partial charge on any atom is 0.337 e. The maximum absolute atomic E-state index is 12.9. The summed E-state index contributed by atoms with van der Waals surface area (Å²) >= 11 is 0. The first-order valence-electron chi connectivity index (χ1n) is 13.2. The van der Waals surface area contributed by atoms with E-state index in [-0.39, 0.29) is 11.9 Å². The standard InChI is InChI=1S/C29H39N3O4/c1-4-32(5-2)28(33)25-7-6-14-30(20-25)19-23-10-13-27-26(17-23)21-31(15-16-36-27)18-22-8-11-24(12-9-22)29(34)35-3/h8-13,17,25H,4-7,14-16,18-21H2,1-3H3/t25-/m0/s1. The second kappa shape index (κ2) is 12.4. The van der Waals surface area contributed by atoms with Crippen LogP contribution in [0.25, 0.3) is 0 Å². The van der Waals surface area contributed by atoms with Crippen LogP contribution in [0.3, 0.4) is 0 Å². The van der Waals surface area contributed by atoms with E-state index in [1.165, 1.54) is 18.2 Å². The second-order valence-electron chi connectivity index (χ2n) is 9.77. The summed E-state index contributed by atoms with van der Waals surface area (Å²) < 4.78 is 10.9. The molecule has 0 radical (unpaired) electrons. The van der Waals surface area contributed by atoms with E-state index in [4.69, 9.17) is 9.47 Å². The van der Waals surface area contributed by atoms with Gasteiger partial charge in [-0.2, -0.15) is 0 Å². The molecule has 2 heterocycles. The van der Waals surface area contributed by atoms with Gasteiger partial charge in [0.2, 0.25) is 5.91 Å². The van der Waals surface area contributed by atoms with E-state index in [1.807, 2.05) is 29.2 Å². The van der Waals surface area contributed by atoms with Gasteiger partial charge in [0.15, 0.2) is 0 Å². The predicted octanol–water partition coefficient (Wildman–Crippen LogP) is 3.95. The van der Waals surface area contributed by atoms with Gasteiger partial charge in [0.1, 0.15) is 12.4 Å². The number of piperidine rings is 1. The fourth-order valence-corrected chi connectivity index (χ4v) is 5.31. The minimum atomic E-state index is -0.316. The molecule has 1 fully saturated rings. The molecule has 1 atom stereocenters. The highest BCUT2D eigenvalue weighted by molar-refractivity contribution is 5.89. The molecule has 2 aromatic carbocycles. The number of carbonyl (C=O) groups excluding carboxylic acids is 2. The third-order valence-corrected chi connectivity index (χ3v) is 7.30. The lowest BCUT2D eigenvalue weighted by atomic mass is 9.95. The van der Waals surface area contributed by atoms with Crippen LogP contribution in [0.15, 0.2) is 42.5 Å². The molecule has 36 heavy (non-hydrogen) atoms. The lowest BCUT2D eigenvalue weighted by molar-refractivity contribution is -0.137. The van der Waals surface area contributed by atoms with E-state index in [2.05, 4.69) is 41.8 Å². The predicted molar refractivity (Wildman–Crippen MR) is 140 cm³/mol. The first-order valence-corrected chi connectivity index (χ1v) is 13.2. The van der Waals surface area contributed by atoms with Crippen LogP contribution in [0.4, 0.5) is 0 Å². The number of likely N-dealkylation sites (tertiary alicyclic amines) is 1. The molecule has 0 bridgehead atoms. The fraction of sp³-hybridized carbons (Fsp3) is 0.517. The minimum Gasteiger partial charge on any atom is -0.492 e. The number of rotatable bonds is 8. The summed E-state index contributed by atoms with van der Waals surface area (Å²) in [5.74, 6) is 1.04. The molecule has 2 aliphatic heterocycles. The van der Waals surface area contributed by atoms with Gasteiger partial charge in [-0.25, -0.2) is 4.79 Å². The SMILES string of the molecule is CCN(CC)C(=O)[C@H]1CCCN(Cc2ccc3c(c2)CN(Cc2ccc(C(=O)OC)cc2)CCO3)C1. The number of benzene rings is 2. The molecule has 194 valence electrons. The molecule has 0 unspecified atom stereocenters. The average molecular weight is 494 g/mol. The monoisotopic (exact) mass is 493 g/mol. The molecule has 4 rings (SSSR count). The van der Waals surface area contributed by atoms with Crippen molar-refractivity contribution in [3.63, 3.8) is 0 Å². The van der Waals surface area contributed by atoms with E-state index < -0.39 is 0 Å². The van der Waals surface area contributed by atoms with Crippen molar-refractivity contribution in [2.24, 2.45) is 5.92 Å². The zero-order valence-electron chi connectivity index (χ0n) is 21.9. The van der Waals surface area contributed by atoms with Gasteiger partial charge < -0.3 is 14.4 Å². The third-order valence-electron chi connectivity index (χ3n) is 7.30. The second-order valence-corrected chi connectivity index (χ2v) is 9.77. The first kappa shape index (κ1) is 26.2. The van der Waals surface area contributed by atoms with E-state index in [1.54, 1.807) is 0 Å². The number of methoxy groups -OCH3 is 1. The molecule has 0 spiro atoms. The summed E-state index contributed by atoms with van der Waals surface area (Å²) in [6, 6.07) is 14.1.